The van der Waals surface area contributed by atoms with Gasteiger partial charge in [-0.3, -0.25) is 0 Å². The highest BCUT2D eigenvalue weighted by Crippen LogP contribution is 2.16. The molecule has 0 unspecified atom stereocenters. The number of benzene rings is 2. The maximum absolute atomic E-state index is 4.53. The molecule has 8 nitrogen and oxygen atoms in total. The van der Waals surface area contributed by atoms with E-state index >= 15 is 0 Å². The zero-order valence-electron chi connectivity index (χ0n) is 21.9. The maximum atomic E-state index is 4.53. The lowest BCUT2D eigenvalue weighted by atomic mass is 10.2. The predicted molar refractivity (Wildman–Crippen MR) is 154 cm³/mol. The van der Waals surface area contributed by atoms with Crippen molar-refractivity contribution >= 4 is 22.3 Å². The first-order chi connectivity index (χ1) is 19.8. The summed E-state index contributed by atoms with van der Waals surface area (Å²) in [6.07, 6.45) is 10.1. The molecule has 6 aromatic rings. The topological polar surface area (TPSA) is 87.2 Å². The van der Waals surface area contributed by atoms with Gasteiger partial charge < -0.3 is 9.13 Å². The van der Waals surface area contributed by atoms with E-state index < -0.39 is 0 Å². The number of hydrogen-bond donors (Lipinski definition) is 0. The summed E-state index contributed by atoms with van der Waals surface area (Å²) < 4.78 is 4.05. The van der Waals surface area contributed by atoms with Crippen LogP contribution in [0.5, 0.6) is 0 Å². The molecule has 0 aliphatic carbocycles. The predicted octanol–water partition coefficient (Wildman–Crippen LogP) is 5.03. The van der Waals surface area contributed by atoms with Crippen LogP contribution in [-0.4, -0.2) is 39.0 Å². The Kier molecular flexibility index (Phi) is 7.50. The van der Waals surface area contributed by atoms with E-state index in [9.17, 15) is 0 Å². The molecule has 0 bridgehead atoms. The lowest BCUT2D eigenvalue weighted by Crippen LogP contribution is -1.99. The summed E-state index contributed by atoms with van der Waals surface area (Å²) in [5.41, 5.74) is 6.77. The van der Waals surface area contributed by atoms with Crippen LogP contribution in [0, 0.1) is 23.7 Å². The van der Waals surface area contributed by atoms with Gasteiger partial charge in [0, 0.05) is 12.8 Å². The molecule has 0 saturated heterocycles. The van der Waals surface area contributed by atoms with Crippen LogP contribution in [0.2, 0.25) is 0 Å². The van der Waals surface area contributed by atoms with Gasteiger partial charge in [-0.25, -0.2) is 29.9 Å². The van der Waals surface area contributed by atoms with Crippen molar-refractivity contribution in [2.45, 2.75) is 38.8 Å². The summed E-state index contributed by atoms with van der Waals surface area (Å²) in [5, 5.41) is 0. The van der Waals surface area contributed by atoms with E-state index in [-0.39, 0.29) is 0 Å². The van der Waals surface area contributed by atoms with E-state index in [0.717, 1.165) is 48.0 Å². The average Bonchev–Trinajstić information content (AvgIpc) is 3.60. The maximum Gasteiger partial charge on any atom is 0.164 e. The third-order valence-corrected chi connectivity index (χ3v) is 6.46. The molecule has 6 rings (SSSR count). The lowest BCUT2D eigenvalue weighted by molar-refractivity contribution is 0.782. The molecule has 0 amide bonds. The van der Waals surface area contributed by atoms with Crippen LogP contribution in [0.3, 0.4) is 0 Å². The van der Waals surface area contributed by atoms with Crippen molar-refractivity contribution < 1.29 is 0 Å². The van der Waals surface area contributed by atoms with Crippen LogP contribution in [0.15, 0.2) is 86.0 Å². The number of unbranched alkanes of at least 4 members (excludes halogenated alkanes) is 3. The van der Waals surface area contributed by atoms with Gasteiger partial charge in [-0.15, -0.1) is 0 Å². The molecule has 0 aliphatic heterocycles. The Balaban J connectivity index is 1.03. The molecule has 0 radical (unpaired) electrons. The summed E-state index contributed by atoms with van der Waals surface area (Å²) in [6, 6.07) is 20.5. The third-order valence-electron chi connectivity index (χ3n) is 6.46. The fourth-order valence-corrected chi connectivity index (χ4v) is 4.46. The number of rotatable bonds is 7. The highest BCUT2D eigenvalue weighted by molar-refractivity contribution is 5.77. The van der Waals surface area contributed by atoms with Gasteiger partial charge in [0.15, 0.2) is 11.3 Å². The molecule has 0 aliphatic rings. The van der Waals surface area contributed by atoms with Crippen molar-refractivity contribution in [2.75, 3.05) is 0 Å². The molecule has 8 heteroatoms. The first kappa shape index (κ1) is 25.0. The van der Waals surface area contributed by atoms with Crippen LogP contribution in [-0.2, 0) is 13.1 Å². The molecular formula is C32H26N8. The van der Waals surface area contributed by atoms with Gasteiger partial charge in [0.05, 0.1) is 25.7 Å². The van der Waals surface area contributed by atoms with Crippen molar-refractivity contribution in [3.8, 4) is 23.7 Å². The van der Waals surface area contributed by atoms with Crippen LogP contribution in [0.4, 0.5) is 0 Å². The summed E-state index contributed by atoms with van der Waals surface area (Å²) in [4.78, 5) is 26.6. The van der Waals surface area contributed by atoms with Crippen LogP contribution in [0.25, 0.3) is 22.3 Å². The molecule has 40 heavy (non-hydrogen) atoms. The van der Waals surface area contributed by atoms with Gasteiger partial charge in [-0.1, -0.05) is 72.5 Å². The van der Waals surface area contributed by atoms with E-state index in [1.165, 1.54) is 11.1 Å². The Morgan fingerprint density at radius 3 is 1.43 bits per heavy atom. The van der Waals surface area contributed by atoms with Gasteiger partial charge in [0.2, 0.25) is 0 Å². The third kappa shape index (κ3) is 5.72. The minimum Gasteiger partial charge on any atom is -0.311 e. The second-order valence-corrected chi connectivity index (χ2v) is 9.32. The molecule has 194 valence electrons. The monoisotopic (exact) mass is 522 g/mol. The zero-order valence-corrected chi connectivity index (χ0v) is 21.9. The Bertz CT molecular complexity index is 1730. The quantitative estimate of drug-likeness (QED) is 0.216. The van der Waals surface area contributed by atoms with Gasteiger partial charge in [0.1, 0.15) is 35.1 Å². The largest absolute Gasteiger partial charge is 0.311 e. The van der Waals surface area contributed by atoms with E-state index in [1.54, 1.807) is 25.3 Å². The average molecular weight is 523 g/mol. The first-order valence-electron chi connectivity index (χ1n) is 13.2. The molecule has 0 spiro atoms. The smallest absolute Gasteiger partial charge is 0.164 e. The fourth-order valence-electron chi connectivity index (χ4n) is 4.46. The fraction of sp³-hybridized carbons (Fsp3) is 0.188. The summed E-state index contributed by atoms with van der Waals surface area (Å²) in [5.74, 6) is 12.8. The van der Waals surface area contributed by atoms with E-state index in [4.69, 9.17) is 0 Å². The highest BCUT2D eigenvalue weighted by Gasteiger charge is 2.10. The Labute approximate surface area is 232 Å². The van der Waals surface area contributed by atoms with E-state index in [0.29, 0.717) is 24.5 Å². The van der Waals surface area contributed by atoms with Crippen molar-refractivity contribution in [3.05, 3.63) is 108 Å². The van der Waals surface area contributed by atoms with Gasteiger partial charge >= 0.3 is 0 Å². The SMILES string of the molecule is C(#Cc1ncnc2c1ncn2Cc1ccccc1)CCCCC#Cc1ncnc2c1ncn2Cc1ccccc1. The van der Waals surface area contributed by atoms with E-state index in [2.05, 4.69) is 77.9 Å². The summed E-state index contributed by atoms with van der Waals surface area (Å²) in [6.45, 7) is 1.41. The molecule has 0 N–H and O–H groups in total. The lowest BCUT2D eigenvalue weighted by Gasteiger charge is -2.03. The molecular weight excluding hydrogens is 496 g/mol. The Hall–Kier alpha value is -5.34. The van der Waals surface area contributed by atoms with Crippen LogP contribution >= 0.6 is 0 Å². The molecule has 0 fully saturated rings. The zero-order chi connectivity index (χ0) is 27.0. The van der Waals surface area contributed by atoms with Crippen molar-refractivity contribution in [3.63, 3.8) is 0 Å². The van der Waals surface area contributed by atoms with Gasteiger partial charge in [-0.05, 0) is 35.8 Å². The van der Waals surface area contributed by atoms with E-state index in [1.807, 2.05) is 45.5 Å². The van der Waals surface area contributed by atoms with Gasteiger partial charge in [0.25, 0.3) is 0 Å². The Morgan fingerprint density at radius 1 is 0.525 bits per heavy atom. The second-order valence-electron chi connectivity index (χ2n) is 9.32. The van der Waals surface area contributed by atoms with Gasteiger partial charge in [-0.2, -0.15) is 0 Å². The number of nitrogens with zero attached hydrogens (tertiary/aromatic N) is 8. The highest BCUT2D eigenvalue weighted by atomic mass is 15.1. The first-order valence-corrected chi connectivity index (χ1v) is 13.2. The Morgan fingerprint density at radius 2 is 0.975 bits per heavy atom. The molecule has 0 atom stereocenters. The number of fused-ring (bicyclic) bond motifs is 2. The number of aromatic nitrogens is 8. The van der Waals surface area contributed by atoms with Crippen LogP contribution < -0.4 is 0 Å². The molecule has 0 saturated carbocycles. The molecule has 4 heterocycles. The molecule has 4 aromatic heterocycles. The van der Waals surface area contributed by atoms with Crippen molar-refractivity contribution in [1.29, 1.82) is 0 Å². The summed E-state index contributed by atoms with van der Waals surface area (Å²) >= 11 is 0. The van der Waals surface area contributed by atoms with Crippen molar-refractivity contribution in [1.82, 2.24) is 39.0 Å². The second kappa shape index (κ2) is 12.0. The standard InChI is InChI=1S/C32H26N8/c1(3-11-17-27-29-31(35-21-33-27)39(23-37-29)19-25-13-7-5-8-14-25)2-4-12-18-28-30-32(36-22-34-28)40(24-38-30)20-26-15-9-6-10-16-26/h5-10,13-16,21-24H,1-4,19-20H2. The number of hydrogen-bond acceptors (Lipinski definition) is 6. The minimum atomic E-state index is 0.663. The van der Waals surface area contributed by atoms with Crippen LogP contribution in [0.1, 0.15) is 48.2 Å². The van der Waals surface area contributed by atoms with Crippen molar-refractivity contribution in [2.24, 2.45) is 0 Å². The minimum absolute atomic E-state index is 0.663. The normalized spacial score (nSPS) is 10.7. The molecule has 2 aromatic carbocycles. The summed E-state index contributed by atoms with van der Waals surface area (Å²) in [7, 11) is 0. The number of imidazole rings is 2.